The van der Waals surface area contributed by atoms with E-state index in [4.69, 9.17) is 23.2 Å². The topological polar surface area (TPSA) is 61.1 Å². The van der Waals surface area contributed by atoms with Gasteiger partial charge in [-0.05, 0) is 54.1 Å². The molecule has 0 fully saturated rings. The number of carbonyl (C=O) groups excluding carboxylic acids is 1. The number of Topliss-reactive ketones (excluding diaryl/α,β-unsaturated/α-hetero) is 1. The van der Waals surface area contributed by atoms with Gasteiger partial charge in [0.25, 0.3) is 5.56 Å². The minimum absolute atomic E-state index is 0.0782. The number of para-hydroxylation sites is 1. The maximum Gasteiger partial charge on any atom is 0.332 e. The van der Waals surface area contributed by atoms with Gasteiger partial charge in [0.15, 0.2) is 5.78 Å². The van der Waals surface area contributed by atoms with Gasteiger partial charge in [0.05, 0.1) is 24.0 Å². The van der Waals surface area contributed by atoms with Crippen LogP contribution >= 0.6 is 23.2 Å². The smallest absolute Gasteiger partial charge is 0.292 e. The van der Waals surface area contributed by atoms with Crippen LogP contribution in [0.1, 0.15) is 15.9 Å². The molecule has 0 N–H and O–H groups in total. The summed E-state index contributed by atoms with van der Waals surface area (Å²) in [5.41, 5.74) is 0.661. The number of aromatic nitrogens is 2. The molecule has 1 aromatic heterocycles. The van der Waals surface area contributed by atoms with Crippen LogP contribution in [-0.2, 0) is 13.1 Å². The summed E-state index contributed by atoms with van der Waals surface area (Å²) in [6, 6.07) is 20.2. The third-order valence-electron chi connectivity index (χ3n) is 4.85. The Bertz CT molecular complexity index is 1350. The van der Waals surface area contributed by atoms with E-state index in [9.17, 15) is 14.4 Å². The van der Waals surface area contributed by atoms with E-state index in [2.05, 4.69) is 0 Å². The lowest BCUT2D eigenvalue weighted by Crippen LogP contribution is -2.41. The average Bonchev–Trinajstić information content (AvgIpc) is 2.76. The summed E-state index contributed by atoms with van der Waals surface area (Å²) in [7, 11) is 0. The van der Waals surface area contributed by atoms with Crippen molar-refractivity contribution in [2.45, 2.75) is 13.1 Å². The Morgan fingerprint density at radius 2 is 1.37 bits per heavy atom. The van der Waals surface area contributed by atoms with Gasteiger partial charge in [-0.2, -0.15) is 0 Å². The number of nitrogens with zero attached hydrogens (tertiary/aromatic N) is 2. The molecule has 0 atom stereocenters. The fourth-order valence-corrected chi connectivity index (χ4v) is 3.56. The second kappa shape index (κ2) is 8.30. The number of carbonyl (C=O) groups is 1. The van der Waals surface area contributed by atoms with E-state index in [0.717, 1.165) is 10.1 Å². The molecule has 0 unspecified atom stereocenters. The molecule has 4 rings (SSSR count). The molecule has 4 aromatic rings. The summed E-state index contributed by atoms with van der Waals surface area (Å²) in [5, 5.41) is 1.45. The minimum atomic E-state index is -0.545. The Morgan fingerprint density at radius 1 is 0.767 bits per heavy atom. The van der Waals surface area contributed by atoms with Gasteiger partial charge in [0, 0.05) is 15.6 Å². The maximum atomic E-state index is 13.2. The molecule has 0 radical (unpaired) electrons. The molecule has 0 saturated carbocycles. The summed E-state index contributed by atoms with van der Waals surface area (Å²) in [6.07, 6.45) is 0. The van der Waals surface area contributed by atoms with Crippen molar-refractivity contribution >= 4 is 39.9 Å². The van der Waals surface area contributed by atoms with Gasteiger partial charge in [-0.3, -0.25) is 18.7 Å². The molecule has 150 valence electrons. The van der Waals surface area contributed by atoms with Crippen LogP contribution in [-0.4, -0.2) is 14.9 Å². The molecule has 0 aliphatic heterocycles. The number of hydrogen-bond acceptors (Lipinski definition) is 3. The Labute approximate surface area is 181 Å². The zero-order valence-electron chi connectivity index (χ0n) is 15.7. The third kappa shape index (κ3) is 3.95. The van der Waals surface area contributed by atoms with Gasteiger partial charge in [-0.1, -0.05) is 47.5 Å². The standard InChI is InChI=1S/C23H16Cl2N2O3/c24-17-9-5-15(6-10-17)13-27-22(29)19-3-1-2-4-20(19)26(23(27)30)14-21(28)16-7-11-18(25)12-8-16/h1-12H,13-14H2. The molecule has 0 aliphatic carbocycles. The third-order valence-corrected chi connectivity index (χ3v) is 5.36. The highest BCUT2D eigenvalue weighted by Crippen LogP contribution is 2.14. The fourth-order valence-electron chi connectivity index (χ4n) is 3.31. The van der Waals surface area contributed by atoms with Crippen LogP contribution in [0.15, 0.2) is 82.4 Å². The summed E-state index contributed by atoms with van der Waals surface area (Å²) in [4.78, 5) is 39.0. The van der Waals surface area contributed by atoms with E-state index < -0.39 is 11.2 Å². The van der Waals surface area contributed by atoms with E-state index in [1.54, 1.807) is 72.8 Å². The van der Waals surface area contributed by atoms with Crippen molar-refractivity contribution in [2.75, 3.05) is 0 Å². The minimum Gasteiger partial charge on any atom is -0.292 e. The summed E-state index contributed by atoms with van der Waals surface area (Å²) < 4.78 is 2.48. The molecule has 0 aliphatic rings. The largest absolute Gasteiger partial charge is 0.332 e. The molecule has 3 aromatic carbocycles. The molecule has 5 nitrogen and oxygen atoms in total. The van der Waals surface area contributed by atoms with Gasteiger partial charge in [0.2, 0.25) is 0 Å². The lowest BCUT2D eigenvalue weighted by Gasteiger charge is -2.14. The quantitative estimate of drug-likeness (QED) is 0.433. The summed E-state index contributed by atoms with van der Waals surface area (Å²) >= 11 is 11.8. The van der Waals surface area contributed by atoms with Crippen molar-refractivity contribution < 1.29 is 4.79 Å². The number of halogens is 2. The van der Waals surface area contributed by atoms with Gasteiger partial charge in [-0.15, -0.1) is 0 Å². The van der Waals surface area contributed by atoms with Crippen LogP contribution in [0.4, 0.5) is 0 Å². The first-order valence-electron chi connectivity index (χ1n) is 9.19. The van der Waals surface area contributed by atoms with Gasteiger partial charge in [0.1, 0.15) is 0 Å². The molecule has 7 heteroatoms. The first-order valence-corrected chi connectivity index (χ1v) is 9.95. The highest BCUT2D eigenvalue weighted by atomic mass is 35.5. The molecular formula is C23H16Cl2N2O3. The zero-order chi connectivity index (χ0) is 21.3. The van der Waals surface area contributed by atoms with Crippen LogP contribution < -0.4 is 11.2 Å². The predicted molar refractivity (Wildman–Crippen MR) is 119 cm³/mol. The number of hydrogen-bond donors (Lipinski definition) is 0. The zero-order valence-corrected chi connectivity index (χ0v) is 17.2. The van der Waals surface area contributed by atoms with Crippen LogP contribution in [0.2, 0.25) is 10.0 Å². The monoisotopic (exact) mass is 438 g/mol. The molecule has 0 bridgehead atoms. The van der Waals surface area contributed by atoms with Crippen LogP contribution in [0.25, 0.3) is 10.9 Å². The lowest BCUT2D eigenvalue weighted by atomic mass is 10.1. The van der Waals surface area contributed by atoms with Crippen molar-refractivity contribution in [1.82, 2.24) is 9.13 Å². The molecule has 1 heterocycles. The van der Waals surface area contributed by atoms with E-state index in [-0.39, 0.29) is 18.9 Å². The highest BCUT2D eigenvalue weighted by molar-refractivity contribution is 6.30. The fraction of sp³-hybridized carbons (Fsp3) is 0.0870. The molecule has 0 amide bonds. The normalized spacial score (nSPS) is 11.0. The van der Waals surface area contributed by atoms with Crippen LogP contribution in [0, 0.1) is 0 Å². The Morgan fingerprint density at radius 3 is 2.03 bits per heavy atom. The summed E-state index contributed by atoms with van der Waals surface area (Å²) in [6.45, 7) is -0.114. The number of benzene rings is 3. The number of rotatable bonds is 5. The Hall–Kier alpha value is -3.15. The number of fused-ring (bicyclic) bond motifs is 1. The van der Waals surface area contributed by atoms with Crippen molar-refractivity contribution in [3.8, 4) is 0 Å². The van der Waals surface area contributed by atoms with Gasteiger partial charge < -0.3 is 0 Å². The van der Waals surface area contributed by atoms with Gasteiger partial charge >= 0.3 is 5.69 Å². The molecule has 30 heavy (non-hydrogen) atoms. The first kappa shape index (κ1) is 20.1. The van der Waals surface area contributed by atoms with E-state index >= 15 is 0 Å². The number of ketones is 1. The lowest BCUT2D eigenvalue weighted by molar-refractivity contribution is 0.0971. The first-order chi connectivity index (χ1) is 14.4. The SMILES string of the molecule is O=C(Cn1c(=O)n(Cc2ccc(Cl)cc2)c(=O)c2ccccc21)c1ccc(Cl)cc1. The second-order valence-electron chi connectivity index (χ2n) is 6.83. The van der Waals surface area contributed by atoms with Crippen LogP contribution in [0.3, 0.4) is 0 Å². The van der Waals surface area contributed by atoms with Crippen molar-refractivity contribution in [2.24, 2.45) is 0 Å². The van der Waals surface area contributed by atoms with Crippen molar-refractivity contribution in [3.05, 3.63) is 115 Å². The Kier molecular flexibility index (Phi) is 5.57. The maximum absolute atomic E-state index is 13.2. The van der Waals surface area contributed by atoms with Crippen LogP contribution in [0.5, 0.6) is 0 Å². The molecule has 0 saturated heterocycles. The van der Waals surface area contributed by atoms with Gasteiger partial charge in [-0.25, -0.2) is 4.79 Å². The van der Waals surface area contributed by atoms with E-state index in [1.165, 1.54) is 4.57 Å². The Balaban J connectivity index is 1.83. The van der Waals surface area contributed by atoms with E-state index in [1.807, 2.05) is 0 Å². The predicted octanol–water partition coefficient (Wildman–Crippen LogP) is 4.40. The second-order valence-corrected chi connectivity index (χ2v) is 7.71. The molecule has 0 spiro atoms. The highest BCUT2D eigenvalue weighted by Gasteiger charge is 2.16. The van der Waals surface area contributed by atoms with Crippen molar-refractivity contribution in [3.63, 3.8) is 0 Å². The van der Waals surface area contributed by atoms with Crippen molar-refractivity contribution in [1.29, 1.82) is 0 Å². The molecular weight excluding hydrogens is 423 g/mol. The summed E-state index contributed by atoms with van der Waals surface area (Å²) in [5.74, 6) is -0.254. The van der Waals surface area contributed by atoms with E-state index in [0.29, 0.717) is 26.5 Å². The average molecular weight is 439 g/mol.